The highest BCUT2D eigenvalue weighted by Gasteiger charge is 2.17. The molecule has 0 saturated heterocycles. The number of carbonyl (C=O) groups is 2. The zero-order valence-electron chi connectivity index (χ0n) is 9.62. The number of likely N-dealkylation sites (N-methyl/N-ethyl adjacent to an activating group) is 1. The predicted octanol–water partition coefficient (Wildman–Crippen LogP) is 0.308. The van der Waals surface area contributed by atoms with Gasteiger partial charge in [-0.05, 0) is 26.9 Å². The molecule has 15 heavy (non-hydrogen) atoms. The SMILES string of the molecule is CCCCN(C)C(C)C(=O)NCC(=O)O. The second-order valence-electron chi connectivity index (χ2n) is 3.62. The summed E-state index contributed by atoms with van der Waals surface area (Å²) in [5.41, 5.74) is 0. The number of hydrogen-bond acceptors (Lipinski definition) is 3. The molecule has 0 aromatic heterocycles. The molecule has 0 aromatic carbocycles. The number of carboxylic acids is 1. The molecule has 0 aliphatic heterocycles. The summed E-state index contributed by atoms with van der Waals surface area (Å²) in [5, 5.41) is 10.8. The van der Waals surface area contributed by atoms with Gasteiger partial charge in [0.25, 0.3) is 0 Å². The highest BCUT2D eigenvalue weighted by atomic mass is 16.4. The van der Waals surface area contributed by atoms with E-state index in [1.54, 1.807) is 6.92 Å². The molecule has 0 aliphatic carbocycles. The third kappa shape index (κ3) is 6.06. The van der Waals surface area contributed by atoms with Crippen LogP contribution in [-0.2, 0) is 9.59 Å². The van der Waals surface area contributed by atoms with Gasteiger partial charge in [0, 0.05) is 0 Å². The molecule has 88 valence electrons. The standard InChI is InChI=1S/C10H20N2O3/c1-4-5-6-12(3)8(2)10(15)11-7-9(13)14/h8H,4-7H2,1-3H3,(H,11,15)(H,13,14). The van der Waals surface area contributed by atoms with Crippen molar-refractivity contribution in [1.29, 1.82) is 0 Å². The van der Waals surface area contributed by atoms with Crippen LogP contribution in [-0.4, -0.2) is 48.1 Å². The molecule has 5 nitrogen and oxygen atoms in total. The lowest BCUT2D eigenvalue weighted by Crippen LogP contribution is -2.45. The fourth-order valence-corrected chi connectivity index (χ4v) is 1.11. The minimum atomic E-state index is -1.02. The van der Waals surface area contributed by atoms with Gasteiger partial charge in [0.2, 0.25) is 5.91 Å². The summed E-state index contributed by atoms with van der Waals surface area (Å²) in [6.07, 6.45) is 2.11. The first-order chi connectivity index (χ1) is 6.99. The van der Waals surface area contributed by atoms with Crippen molar-refractivity contribution in [2.45, 2.75) is 32.7 Å². The van der Waals surface area contributed by atoms with E-state index in [0.717, 1.165) is 19.4 Å². The van der Waals surface area contributed by atoms with E-state index < -0.39 is 5.97 Å². The lowest BCUT2D eigenvalue weighted by atomic mass is 10.2. The van der Waals surface area contributed by atoms with Crippen molar-refractivity contribution in [3.8, 4) is 0 Å². The summed E-state index contributed by atoms with van der Waals surface area (Å²) in [4.78, 5) is 23.6. The topological polar surface area (TPSA) is 69.6 Å². The summed E-state index contributed by atoms with van der Waals surface area (Å²) in [7, 11) is 1.86. The van der Waals surface area contributed by atoms with E-state index in [0.29, 0.717) is 0 Å². The molecule has 0 rings (SSSR count). The Kier molecular flexibility index (Phi) is 6.70. The zero-order valence-corrected chi connectivity index (χ0v) is 9.62. The Morgan fingerprint density at radius 3 is 2.53 bits per heavy atom. The van der Waals surface area contributed by atoms with Crippen molar-refractivity contribution in [2.24, 2.45) is 0 Å². The molecule has 0 fully saturated rings. The molecular formula is C10H20N2O3. The Labute approximate surface area is 90.5 Å². The number of rotatable bonds is 7. The fourth-order valence-electron chi connectivity index (χ4n) is 1.11. The lowest BCUT2D eigenvalue weighted by Gasteiger charge is -2.23. The highest BCUT2D eigenvalue weighted by Crippen LogP contribution is 1.98. The van der Waals surface area contributed by atoms with Crippen molar-refractivity contribution < 1.29 is 14.7 Å². The largest absolute Gasteiger partial charge is 0.480 e. The monoisotopic (exact) mass is 216 g/mol. The lowest BCUT2D eigenvalue weighted by molar-refractivity contribution is -0.138. The van der Waals surface area contributed by atoms with Gasteiger partial charge in [-0.3, -0.25) is 14.5 Å². The Hall–Kier alpha value is -1.10. The van der Waals surface area contributed by atoms with Crippen LogP contribution in [0.5, 0.6) is 0 Å². The van der Waals surface area contributed by atoms with Gasteiger partial charge < -0.3 is 10.4 Å². The third-order valence-electron chi connectivity index (χ3n) is 2.32. The van der Waals surface area contributed by atoms with Gasteiger partial charge in [0.1, 0.15) is 6.54 Å². The highest BCUT2D eigenvalue weighted by molar-refractivity contribution is 5.84. The predicted molar refractivity (Wildman–Crippen MR) is 57.6 cm³/mol. The van der Waals surface area contributed by atoms with Crippen LogP contribution in [0.2, 0.25) is 0 Å². The first kappa shape index (κ1) is 13.9. The number of amides is 1. The van der Waals surface area contributed by atoms with Crippen LogP contribution >= 0.6 is 0 Å². The van der Waals surface area contributed by atoms with E-state index in [4.69, 9.17) is 5.11 Å². The second kappa shape index (κ2) is 7.23. The van der Waals surface area contributed by atoms with E-state index in [2.05, 4.69) is 12.2 Å². The van der Waals surface area contributed by atoms with Crippen molar-refractivity contribution in [3.63, 3.8) is 0 Å². The van der Waals surface area contributed by atoms with Gasteiger partial charge >= 0.3 is 5.97 Å². The molecule has 0 heterocycles. The van der Waals surface area contributed by atoms with Crippen LogP contribution in [0.4, 0.5) is 0 Å². The number of aliphatic carboxylic acids is 1. The van der Waals surface area contributed by atoms with Gasteiger partial charge in [-0.25, -0.2) is 0 Å². The molecule has 0 aromatic rings. The number of hydrogen-bond donors (Lipinski definition) is 2. The van der Waals surface area contributed by atoms with Gasteiger partial charge in [0.15, 0.2) is 0 Å². The van der Waals surface area contributed by atoms with Crippen LogP contribution < -0.4 is 5.32 Å². The molecule has 0 saturated carbocycles. The summed E-state index contributed by atoms with van der Waals surface area (Å²) < 4.78 is 0. The fraction of sp³-hybridized carbons (Fsp3) is 0.800. The summed E-state index contributed by atoms with van der Waals surface area (Å²) in [5.74, 6) is -1.26. The molecule has 1 unspecified atom stereocenters. The molecule has 0 spiro atoms. The van der Waals surface area contributed by atoms with Crippen LogP contribution in [0.3, 0.4) is 0 Å². The van der Waals surface area contributed by atoms with E-state index in [1.807, 2.05) is 11.9 Å². The van der Waals surface area contributed by atoms with E-state index >= 15 is 0 Å². The van der Waals surface area contributed by atoms with Crippen LogP contribution in [0.25, 0.3) is 0 Å². The number of carbonyl (C=O) groups excluding carboxylic acids is 1. The molecule has 1 amide bonds. The Bertz CT molecular complexity index is 219. The first-order valence-electron chi connectivity index (χ1n) is 5.18. The quantitative estimate of drug-likeness (QED) is 0.642. The molecule has 0 bridgehead atoms. The number of nitrogens with one attached hydrogen (secondary N) is 1. The summed E-state index contributed by atoms with van der Waals surface area (Å²) >= 11 is 0. The maximum Gasteiger partial charge on any atom is 0.322 e. The smallest absolute Gasteiger partial charge is 0.322 e. The van der Waals surface area contributed by atoms with Gasteiger partial charge in [0.05, 0.1) is 6.04 Å². The molecular weight excluding hydrogens is 196 g/mol. The molecule has 5 heteroatoms. The molecule has 0 radical (unpaired) electrons. The molecule has 1 atom stereocenters. The van der Waals surface area contributed by atoms with Crippen molar-refractivity contribution in [3.05, 3.63) is 0 Å². The van der Waals surface area contributed by atoms with Gasteiger partial charge in [-0.2, -0.15) is 0 Å². The van der Waals surface area contributed by atoms with Gasteiger partial charge in [-0.15, -0.1) is 0 Å². The van der Waals surface area contributed by atoms with E-state index in [-0.39, 0.29) is 18.5 Å². The number of carboxylic acid groups (broad SMARTS) is 1. The summed E-state index contributed by atoms with van der Waals surface area (Å²) in [6.45, 7) is 4.39. The Morgan fingerprint density at radius 2 is 2.07 bits per heavy atom. The van der Waals surface area contributed by atoms with Crippen molar-refractivity contribution in [2.75, 3.05) is 20.1 Å². The number of unbranched alkanes of at least 4 members (excludes halogenated alkanes) is 1. The summed E-state index contributed by atoms with van der Waals surface area (Å²) in [6, 6.07) is -0.282. The minimum absolute atomic E-state index is 0.240. The maximum absolute atomic E-state index is 11.4. The van der Waals surface area contributed by atoms with Crippen LogP contribution in [0, 0.1) is 0 Å². The Balaban J connectivity index is 3.90. The van der Waals surface area contributed by atoms with Gasteiger partial charge in [-0.1, -0.05) is 13.3 Å². The van der Waals surface area contributed by atoms with Crippen molar-refractivity contribution >= 4 is 11.9 Å². The zero-order chi connectivity index (χ0) is 11.8. The minimum Gasteiger partial charge on any atom is -0.480 e. The maximum atomic E-state index is 11.4. The molecule has 0 aliphatic rings. The number of nitrogens with zero attached hydrogens (tertiary/aromatic N) is 1. The van der Waals surface area contributed by atoms with Crippen LogP contribution in [0.15, 0.2) is 0 Å². The first-order valence-corrected chi connectivity index (χ1v) is 5.18. The molecule has 2 N–H and O–H groups in total. The van der Waals surface area contributed by atoms with E-state index in [9.17, 15) is 9.59 Å². The average Bonchev–Trinajstić information content (AvgIpc) is 2.21. The van der Waals surface area contributed by atoms with E-state index in [1.165, 1.54) is 0 Å². The second-order valence-corrected chi connectivity index (χ2v) is 3.62. The third-order valence-corrected chi connectivity index (χ3v) is 2.32. The van der Waals surface area contributed by atoms with Crippen LogP contribution in [0.1, 0.15) is 26.7 Å². The van der Waals surface area contributed by atoms with Crippen molar-refractivity contribution in [1.82, 2.24) is 10.2 Å². The Morgan fingerprint density at radius 1 is 1.47 bits per heavy atom. The average molecular weight is 216 g/mol. The normalized spacial score (nSPS) is 12.5.